The molecule has 162 valence electrons. The van der Waals surface area contributed by atoms with Gasteiger partial charge >= 0.3 is 12.2 Å². The minimum Gasteiger partial charge on any atom is -0.445 e. The lowest BCUT2D eigenvalue weighted by Gasteiger charge is -2.31. The van der Waals surface area contributed by atoms with E-state index in [-0.39, 0.29) is 25.3 Å². The van der Waals surface area contributed by atoms with E-state index in [2.05, 4.69) is 5.32 Å². The molecule has 1 aliphatic heterocycles. The van der Waals surface area contributed by atoms with Gasteiger partial charge in [-0.3, -0.25) is 0 Å². The zero-order valence-electron chi connectivity index (χ0n) is 17.5. The Morgan fingerprint density at radius 2 is 1.35 bits per heavy atom. The van der Waals surface area contributed by atoms with Crippen LogP contribution >= 0.6 is 0 Å². The van der Waals surface area contributed by atoms with Gasteiger partial charge in [0.15, 0.2) is 0 Å². The molecule has 0 atom stereocenters. The molecule has 1 fully saturated rings. The molecule has 6 heteroatoms. The molecule has 1 N–H and O–H groups in total. The minimum absolute atomic E-state index is 0.00682. The topological polar surface area (TPSA) is 67.9 Å². The molecule has 0 aliphatic carbocycles. The SMILES string of the molecule is O=C(NC1CCN(C(=O)OC/C=C/c2ccccc2)CC1)OC/C=C/c1ccccc1. The number of benzene rings is 2. The zero-order valence-corrected chi connectivity index (χ0v) is 17.5. The molecular weight excluding hydrogens is 392 g/mol. The van der Waals surface area contributed by atoms with Crippen molar-refractivity contribution >= 4 is 24.3 Å². The Labute approximate surface area is 183 Å². The monoisotopic (exact) mass is 420 g/mol. The molecule has 0 bridgehead atoms. The quantitative estimate of drug-likeness (QED) is 0.703. The Bertz CT molecular complexity index is 873. The van der Waals surface area contributed by atoms with Crippen LogP contribution in [0.1, 0.15) is 24.0 Å². The Morgan fingerprint density at radius 1 is 0.839 bits per heavy atom. The highest BCUT2D eigenvalue weighted by molar-refractivity contribution is 5.69. The van der Waals surface area contributed by atoms with Crippen molar-refractivity contribution in [1.82, 2.24) is 10.2 Å². The predicted molar refractivity (Wildman–Crippen MR) is 121 cm³/mol. The van der Waals surface area contributed by atoms with Crippen molar-refractivity contribution in [3.63, 3.8) is 0 Å². The fourth-order valence-electron chi connectivity index (χ4n) is 3.25. The van der Waals surface area contributed by atoms with E-state index in [0.29, 0.717) is 25.9 Å². The zero-order chi connectivity index (χ0) is 21.7. The van der Waals surface area contributed by atoms with E-state index in [0.717, 1.165) is 11.1 Å². The number of amides is 2. The molecule has 2 amide bonds. The van der Waals surface area contributed by atoms with Crippen molar-refractivity contribution in [2.45, 2.75) is 18.9 Å². The van der Waals surface area contributed by atoms with Gasteiger partial charge in [-0.25, -0.2) is 9.59 Å². The molecule has 2 aromatic carbocycles. The molecule has 0 unspecified atom stereocenters. The van der Waals surface area contributed by atoms with Gasteiger partial charge in [-0.1, -0.05) is 72.8 Å². The van der Waals surface area contributed by atoms with E-state index < -0.39 is 6.09 Å². The van der Waals surface area contributed by atoms with Crippen LogP contribution in [-0.2, 0) is 9.47 Å². The second-order valence-corrected chi connectivity index (χ2v) is 7.21. The van der Waals surface area contributed by atoms with Crippen LogP contribution in [-0.4, -0.2) is 49.4 Å². The number of piperidine rings is 1. The molecule has 3 rings (SSSR count). The van der Waals surface area contributed by atoms with Crippen molar-refractivity contribution in [2.24, 2.45) is 0 Å². The largest absolute Gasteiger partial charge is 0.445 e. The summed E-state index contributed by atoms with van der Waals surface area (Å²) in [5.41, 5.74) is 2.12. The molecule has 0 radical (unpaired) electrons. The number of hydrogen-bond acceptors (Lipinski definition) is 4. The van der Waals surface area contributed by atoms with Crippen LogP contribution < -0.4 is 5.32 Å². The highest BCUT2D eigenvalue weighted by atomic mass is 16.6. The molecule has 2 aromatic rings. The van der Waals surface area contributed by atoms with Crippen LogP contribution in [0.4, 0.5) is 9.59 Å². The van der Waals surface area contributed by atoms with Crippen LogP contribution in [0, 0.1) is 0 Å². The number of rotatable bonds is 7. The van der Waals surface area contributed by atoms with Gasteiger partial charge in [0.2, 0.25) is 0 Å². The summed E-state index contributed by atoms with van der Waals surface area (Å²) in [6, 6.07) is 19.7. The van der Waals surface area contributed by atoms with Crippen LogP contribution in [0.3, 0.4) is 0 Å². The summed E-state index contributed by atoms with van der Waals surface area (Å²) in [6.07, 6.45) is 8.03. The minimum atomic E-state index is -0.440. The third-order valence-electron chi connectivity index (χ3n) is 4.91. The van der Waals surface area contributed by atoms with E-state index in [4.69, 9.17) is 9.47 Å². The maximum Gasteiger partial charge on any atom is 0.410 e. The average molecular weight is 421 g/mol. The van der Waals surface area contributed by atoms with Crippen LogP contribution in [0.15, 0.2) is 72.8 Å². The van der Waals surface area contributed by atoms with Crippen molar-refractivity contribution < 1.29 is 19.1 Å². The second-order valence-electron chi connectivity index (χ2n) is 7.21. The summed E-state index contributed by atoms with van der Waals surface area (Å²) in [7, 11) is 0. The van der Waals surface area contributed by atoms with Crippen molar-refractivity contribution in [2.75, 3.05) is 26.3 Å². The fourth-order valence-corrected chi connectivity index (χ4v) is 3.25. The lowest BCUT2D eigenvalue weighted by molar-refractivity contribution is 0.0981. The maximum atomic E-state index is 12.2. The highest BCUT2D eigenvalue weighted by Gasteiger charge is 2.24. The number of nitrogens with zero attached hydrogens (tertiary/aromatic N) is 1. The Morgan fingerprint density at radius 3 is 1.90 bits per heavy atom. The first-order valence-corrected chi connectivity index (χ1v) is 10.5. The Kier molecular flexibility index (Phi) is 8.73. The van der Waals surface area contributed by atoms with Gasteiger partial charge < -0.3 is 19.7 Å². The number of hydrogen-bond donors (Lipinski definition) is 1. The van der Waals surface area contributed by atoms with E-state index in [1.54, 1.807) is 11.0 Å². The van der Waals surface area contributed by atoms with Gasteiger partial charge in [-0.15, -0.1) is 0 Å². The summed E-state index contributed by atoms with van der Waals surface area (Å²) < 4.78 is 10.5. The van der Waals surface area contributed by atoms with E-state index >= 15 is 0 Å². The van der Waals surface area contributed by atoms with Gasteiger partial charge in [0.25, 0.3) is 0 Å². The fraction of sp³-hybridized carbons (Fsp3) is 0.280. The molecule has 0 saturated carbocycles. The standard InChI is InChI=1S/C25H28N2O4/c28-24(30-19-7-13-21-9-3-1-4-10-21)26-23-15-17-27(18-16-23)25(29)31-20-8-14-22-11-5-2-6-12-22/h1-14,23H,15-20H2,(H,26,28)/b13-7+,14-8+. The third-order valence-corrected chi connectivity index (χ3v) is 4.91. The van der Waals surface area contributed by atoms with Crippen LogP contribution in [0.25, 0.3) is 12.2 Å². The van der Waals surface area contributed by atoms with Gasteiger partial charge in [0.1, 0.15) is 13.2 Å². The Hall–Kier alpha value is -3.54. The summed E-state index contributed by atoms with van der Waals surface area (Å²) in [4.78, 5) is 25.8. The molecule has 1 saturated heterocycles. The summed E-state index contributed by atoms with van der Waals surface area (Å²) in [6.45, 7) is 1.53. The van der Waals surface area contributed by atoms with Crippen molar-refractivity contribution in [3.8, 4) is 0 Å². The maximum absolute atomic E-state index is 12.2. The van der Waals surface area contributed by atoms with Gasteiger partial charge in [0, 0.05) is 19.1 Å². The number of likely N-dealkylation sites (tertiary alicyclic amines) is 1. The summed E-state index contributed by atoms with van der Waals surface area (Å²) in [5, 5.41) is 2.86. The number of alkyl carbamates (subject to hydrolysis) is 1. The van der Waals surface area contributed by atoms with Gasteiger partial charge in [-0.05, 0) is 36.1 Å². The number of carbonyl (C=O) groups excluding carboxylic acids is 2. The first-order valence-electron chi connectivity index (χ1n) is 10.5. The Balaban J connectivity index is 1.29. The van der Waals surface area contributed by atoms with Crippen molar-refractivity contribution in [1.29, 1.82) is 0 Å². The van der Waals surface area contributed by atoms with Crippen LogP contribution in [0.5, 0.6) is 0 Å². The molecule has 1 aliphatic rings. The van der Waals surface area contributed by atoms with Crippen molar-refractivity contribution in [3.05, 3.63) is 83.9 Å². The first kappa shape index (κ1) is 22.2. The van der Waals surface area contributed by atoms with Crippen LogP contribution in [0.2, 0.25) is 0 Å². The molecular formula is C25H28N2O4. The molecule has 6 nitrogen and oxygen atoms in total. The molecule has 0 aromatic heterocycles. The average Bonchev–Trinajstić information content (AvgIpc) is 2.81. The van der Waals surface area contributed by atoms with Gasteiger partial charge in [0.05, 0.1) is 0 Å². The molecule has 31 heavy (non-hydrogen) atoms. The van der Waals surface area contributed by atoms with Gasteiger partial charge in [-0.2, -0.15) is 0 Å². The molecule has 1 heterocycles. The number of nitrogens with one attached hydrogen (secondary N) is 1. The predicted octanol–water partition coefficient (Wildman–Crippen LogP) is 4.74. The smallest absolute Gasteiger partial charge is 0.410 e. The third kappa shape index (κ3) is 8.01. The number of ether oxygens (including phenoxy) is 2. The van der Waals surface area contributed by atoms with E-state index in [1.807, 2.05) is 78.9 Å². The lowest BCUT2D eigenvalue weighted by atomic mass is 10.1. The normalized spacial score (nSPS) is 14.6. The van der Waals surface area contributed by atoms with E-state index in [1.165, 1.54) is 0 Å². The first-order chi connectivity index (χ1) is 15.2. The second kappa shape index (κ2) is 12.2. The lowest BCUT2D eigenvalue weighted by Crippen LogP contribution is -2.46. The number of carbonyl (C=O) groups is 2. The summed E-state index contributed by atoms with van der Waals surface area (Å²) in [5.74, 6) is 0. The summed E-state index contributed by atoms with van der Waals surface area (Å²) >= 11 is 0. The van der Waals surface area contributed by atoms with E-state index in [9.17, 15) is 9.59 Å². The molecule has 0 spiro atoms. The highest BCUT2D eigenvalue weighted by Crippen LogP contribution is 2.12.